The molecule has 0 bridgehead atoms. The van der Waals surface area contributed by atoms with E-state index < -0.39 is 52.4 Å². The summed E-state index contributed by atoms with van der Waals surface area (Å²) in [4.78, 5) is 17.1. The van der Waals surface area contributed by atoms with Crippen LogP contribution in [0.2, 0.25) is 50.4 Å². The number of epoxide rings is 3. The Bertz CT molecular complexity index is 2200. The summed E-state index contributed by atoms with van der Waals surface area (Å²) < 4.78 is 61.0. The summed E-state index contributed by atoms with van der Waals surface area (Å²) in [6.07, 6.45) is 18.4. The molecule has 16 heteroatoms. The number of fused-ring (bicyclic) bond motifs is 3. The van der Waals surface area contributed by atoms with Gasteiger partial charge in [-0.2, -0.15) is 0 Å². The molecule has 4 aliphatic heterocycles. The molecule has 14 unspecified atom stereocenters. The summed E-state index contributed by atoms with van der Waals surface area (Å²) in [5, 5.41) is 11.2. The van der Waals surface area contributed by atoms with Crippen molar-refractivity contribution in [1.29, 1.82) is 0 Å². The van der Waals surface area contributed by atoms with E-state index in [1.54, 1.807) is 0 Å². The summed E-state index contributed by atoms with van der Waals surface area (Å²) in [6.45, 7) is 9.12. The third-order valence-corrected chi connectivity index (χ3v) is 38.5. The molecule has 3 aromatic rings. The van der Waals surface area contributed by atoms with Crippen LogP contribution in [0.5, 0.6) is 5.75 Å². The molecular weight excluding hydrogens is 993 g/mol. The topological polar surface area (TPSA) is 130 Å². The minimum Gasteiger partial charge on any atom is -0.482 e. The Hall–Kier alpha value is -2.17. The first-order valence-corrected chi connectivity index (χ1v) is 39.3. The van der Waals surface area contributed by atoms with E-state index in [2.05, 4.69) is 86.9 Å². The first-order chi connectivity index (χ1) is 34.7. The van der Waals surface area contributed by atoms with Crippen molar-refractivity contribution in [2.24, 2.45) is 23.7 Å². The van der Waals surface area contributed by atoms with Gasteiger partial charge in [0.15, 0.2) is 21.3 Å². The molecule has 4 saturated carbocycles. The van der Waals surface area contributed by atoms with Crippen molar-refractivity contribution in [1.82, 2.24) is 0 Å². The van der Waals surface area contributed by atoms with E-state index in [1.165, 1.54) is 59.6 Å². The zero-order valence-corrected chi connectivity index (χ0v) is 48.1. The van der Waals surface area contributed by atoms with Gasteiger partial charge in [-0.1, -0.05) is 36.4 Å². The number of aliphatic hydroxyl groups excluding tert-OH is 1. The second-order valence-corrected chi connectivity index (χ2v) is 40.1. The average molecular weight is 1070 g/mol. The second kappa shape index (κ2) is 22.1. The number of benzene rings is 3. The molecule has 4 saturated heterocycles. The van der Waals surface area contributed by atoms with Crippen molar-refractivity contribution < 1.29 is 50.0 Å². The molecule has 4 aliphatic carbocycles. The molecule has 0 amide bonds. The zero-order chi connectivity index (χ0) is 49.5. The molecule has 0 aromatic heterocycles. The highest BCUT2D eigenvalue weighted by molar-refractivity contribution is 7.97. The Morgan fingerprint density at radius 3 is 1.28 bits per heavy atom. The fourth-order valence-corrected chi connectivity index (χ4v) is 39.4. The number of aliphatic hydroxyl groups is 1. The minimum absolute atomic E-state index is 0.224. The van der Waals surface area contributed by atoms with Gasteiger partial charge in [0.2, 0.25) is 0 Å². The number of carbonyl (C=O) groups excluding carboxylic acids is 1. The molecule has 72 heavy (non-hydrogen) atoms. The SMILES string of the molecule is C[Si]1(CCC2CCC(O)C(OC(=O)COc3ccc([S+](c4ccccc4)c4ccccc4)cc3)C2)O[Si](C)(CCC2CCC3OC3C2)O[Si](C)(CCC2CCC3OC3C2)O[Si](C)(CCC2CCC3OC3C2)O1. The lowest BCUT2D eigenvalue weighted by Crippen LogP contribution is -2.67. The molecule has 0 spiro atoms. The van der Waals surface area contributed by atoms with Crippen LogP contribution in [0.1, 0.15) is 103 Å². The minimum atomic E-state index is -2.91. The number of hydrogen-bond acceptors (Lipinski definition) is 11. The zero-order valence-electron chi connectivity index (χ0n) is 43.3. The summed E-state index contributed by atoms with van der Waals surface area (Å²) in [5.41, 5.74) is 0. The quantitative estimate of drug-likeness (QED) is 0.0533. The smallest absolute Gasteiger partial charge is 0.344 e. The Morgan fingerprint density at radius 2 is 0.875 bits per heavy atom. The Labute approximate surface area is 436 Å². The monoisotopic (exact) mass is 1070 g/mol. The first-order valence-electron chi connectivity index (χ1n) is 28.0. The molecule has 11 rings (SSSR count). The fourth-order valence-electron chi connectivity index (χ4n) is 13.6. The van der Waals surface area contributed by atoms with Crippen LogP contribution in [0, 0.1) is 23.7 Å². The summed E-state index contributed by atoms with van der Waals surface area (Å²) in [7, 11) is -11.6. The summed E-state index contributed by atoms with van der Waals surface area (Å²) in [6, 6.07) is 32.8. The van der Waals surface area contributed by atoms with Gasteiger partial charge in [-0.3, -0.25) is 0 Å². The van der Waals surface area contributed by atoms with E-state index in [0.29, 0.717) is 73.0 Å². The van der Waals surface area contributed by atoms with Gasteiger partial charge in [0, 0.05) is 0 Å². The van der Waals surface area contributed by atoms with Gasteiger partial charge < -0.3 is 45.3 Å². The van der Waals surface area contributed by atoms with Crippen LogP contribution in [0.3, 0.4) is 0 Å². The van der Waals surface area contributed by atoms with E-state index in [-0.39, 0.29) is 23.4 Å². The van der Waals surface area contributed by atoms with Crippen molar-refractivity contribution in [3.05, 3.63) is 84.9 Å². The molecule has 392 valence electrons. The third kappa shape index (κ3) is 13.3. The largest absolute Gasteiger partial charge is 0.482 e. The van der Waals surface area contributed by atoms with Crippen molar-refractivity contribution in [3.8, 4) is 5.75 Å². The number of hydrogen-bond donors (Lipinski definition) is 1. The van der Waals surface area contributed by atoms with Crippen LogP contribution in [-0.2, 0) is 51.1 Å². The molecule has 11 nitrogen and oxygen atoms in total. The van der Waals surface area contributed by atoms with Gasteiger partial charge in [0.05, 0.1) is 53.6 Å². The van der Waals surface area contributed by atoms with Gasteiger partial charge in [-0.05, 0) is 225 Å². The lowest BCUT2D eigenvalue weighted by atomic mass is 9.84. The Balaban J connectivity index is 0.746. The highest BCUT2D eigenvalue weighted by atomic mass is 32.2. The lowest BCUT2D eigenvalue weighted by Gasteiger charge is -2.51. The molecule has 4 heterocycles. The van der Waals surface area contributed by atoms with Crippen LogP contribution in [0.15, 0.2) is 99.6 Å². The van der Waals surface area contributed by atoms with Crippen LogP contribution in [0.25, 0.3) is 0 Å². The number of carbonyl (C=O) groups is 1. The Kier molecular flexibility index (Phi) is 15.9. The molecular formula is C56H81O11SSi4+. The van der Waals surface area contributed by atoms with Crippen LogP contribution < -0.4 is 4.74 Å². The Morgan fingerprint density at radius 1 is 0.500 bits per heavy atom. The highest BCUT2D eigenvalue weighted by Gasteiger charge is 2.58. The van der Waals surface area contributed by atoms with E-state index >= 15 is 0 Å². The van der Waals surface area contributed by atoms with Crippen molar-refractivity contribution in [2.75, 3.05) is 6.61 Å². The molecule has 0 radical (unpaired) electrons. The van der Waals surface area contributed by atoms with Crippen molar-refractivity contribution >= 4 is 51.1 Å². The maximum Gasteiger partial charge on any atom is 0.344 e. The summed E-state index contributed by atoms with van der Waals surface area (Å²) >= 11 is 0. The summed E-state index contributed by atoms with van der Waals surface area (Å²) in [5.74, 6) is 2.31. The van der Waals surface area contributed by atoms with E-state index in [9.17, 15) is 9.90 Å². The molecule has 8 fully saturated rings. The fraction of sp³-hybridized carbons (Fsp3) is 0.661. The standard InChI is InChI=1S/C56H81O11SSi4/c1-69(31-27-40-15-23-48(57)52(35-40)63-56(58)39-59-44-19-21-47(22-20-44)68(45-11-7-5-8-12-45)46-13-9-6-10-14-46)64-70(2,32-28-41-16-24-49-53(36-41)60-49)66-72(4,34-30-43-18-26-51-55(38-43)62-51)67-71(3,65-69)33-29-42-17-25-50-54(37-42)61-50/h5-14,19-22,40-43,48-55,57H,15-18,23-39H2,1-4H3/q+1. The van der Waals surface area contributed by atoms with Crippen LogP contribution >= 0.6 is 0 Å². The van der Waals surface area contributed by atoms with Gasteiger partial charge in [0.1, 0.15) is 11.9 Å². The molecule has 8 aliphatic rings. The van der Waals surface area contributed by atoms with Crippen molar-refractivity contribution in [3.63, 3.8) is 0 Å². The van der Waals surface area contributed by atoms with E-state index in [1.807, 2.05) is 24.3 Å². The van der Waals surface area contributed by atoms with Gasteiger partial charge in [-0.25, -0.2) is 4.79 Å². The molecule has 14 atom stereocenters. The number of esters is 1. The van der Waals surface area contributed by atoms with Crippen LogP contribution in [0.4, 0.5) is 0 Å². The number of ether oxygens (including phenoxy) is 5. The highest BCUT2D eigenvalue weighted by Crippen LogP contribution is 2.48. The van der Waals surface area contributed by atoms with Crippen LogP contribution in [-0.4, -0.2) is 101 Å². The number of rotatable bonds is 19. The predicted molar refractivity (Wildman–Crippen MR) is 287 cm³/mol. The van der Waals surface area contributed by atoms with Gasteiger partial charge in [0.25, 0.3) is 0 Å². The second-order valence-electron chi connectivity index (χ2n) is 23.7. The van der Waals surface area contributed by atoms with Gasteiger partial charge >= 0.3 is 40.2 Å². The maximum absolute atomic E-state index is 13.4. The first kappa shape index (κ1) is 51.9. The van der Waals surface area contributed by atoms with Crippen molar-refractivity contribution in [2.45, 2.75) is 217 Å². The average Bonchev–Trinajstić information content (AvgIpc) is 4.28. The normalized spacial score (nSPS) is 40.1. The molecule has 1 N–H and O–H groups in total. The maximum atomic E-state index is 13.4. The third-order valence-electron chi connectivity index (χ3n) is 17.6. The van der Waals surface area contributed by atoms with Gasteiger partial charge in [-0.15, -0.1) is 0 Å². The van der Waals surface area contributed by atoms with E-state index in [0.717, 1.165) is 69.1 Å². The van der Waals surface area contributed by atoms with E-state index in [4.69, 9.17) is 40.1 Å². The lowest BCUT2D eigenvalue weighted by molar-refractivity contribution is -0.161. The predicted octanol–water partition coefficient (Wildman–Crippen LogP) is 11.9. The molecule has 3 aromatic carbocycles.